The molecule has 0 aromatic carbocycles. The van der Waals surface area contributed by atoms with Gasteiger partial charge in [-0.15, -0.1) is 12.2 Å². The van der Waals surface area contributed by atoms with Gasteiger partial charge in [0.25, 0.3) is 0 Å². The monoisotopic (exact) mass is 284 g/mol. The van der Waals surface area contributed by atoms with E-state index in [0.717, 1.165) is 12.8 Å². The minimum Gasteiger partial charge on any atom is -0.852 e. The van der Waals surface area contributed by atoms with Gasteiger partial charge in [-0.25, -0.2) is 0 Å². The van der Waals surface area contributed by atoms with E-state index in [-0.39, 0.29) is 61.1 Å². The van der Waals surface area contributed by atoms with Crippen molar-refractivity contribution >= 4 is 48.9 Å². The molecule has 3 heteroatoms. The molecule has 0 aromatic heterocycles. The molecule has 0 N–H and O–H groups in total. The molecule has 2 nitrogen and oxygen atoms in total. The summed E-state index contributed by atoms with van der Waals surface area (Å²) in [6.07, 6.45) is 0.769. The average molecular weight is 284 g/mol. The third-order valence-electron chi connectivity index (χ3n) is 1.15. The zero-order valence-corrected chi connectivity index (χ0v) is 12.5. The van der Waals surface area contributed by atoms with Gasteiger partial charge in [0, 0.05) is 0 Å². The molecule has 2 atom stereocenters. The molecule has 0 fully saturated rings. The summed E-state index contributed by atoms with van der Waals surface area (Å²) in [5.41, 5.74) is 0. The average Bonchev–Trinajstić information content (AvgIpc) is 1.89. The van der Waals surface area contributed by atoms with Crippen LogP contribution in [0.3, 0.4) is 0 Å². The summed E-state index contributed by atoms with van der Waals surface area (Å²) >= 11 is 0. The minimum absolute atomic E-state index is 0. The Kier molecular flexibility index (Phi) is 23.4. The number of hydrogen-bond donors (Lipinski definition) is 0. The molecule has 0 aliphatic rings. The van der Waals surface area contributed by atoms with Gasteiger partial charge >= 0.3 is 48.9 Å². The Labute approximate surface area is 110 Å². The maximum atomic E-state index is 9.90. The molecule has 11 heavy (non-hydrogen) atoms. The normalized spacial score (nSPS) is 13.6. The summed E-state index contributed by atoms with van der Waals surface area (Å²) in [4.78, 5) is 0. The van der Waals surface area contributed by atoms with Gasteiger partial charge < -0.3 is 10.2 Å². The molecule has 0 saturated heterocycles. The van der Waals surface area contributed by atoms with E-state index in [0.29, 0.717) is 0 Å². The van der Waals surface area contributed by atoms with Gasteiger partial charge in [-0.2, -0.15) is 0 Å². The van der Waals surface area contributed by atoms with Crippen molar-refractivity contribution in [3.05, 3.63) is 0 Å². The molecule has 0 heterocycles. The molecular formula is C8H18BaO2. The molecule has 0 aromatic rings. The molecule has 0 saturated carbocycles. The second-order valence-electron chi connectivity index (χ2n) is 2.44. The molecule has 0 rings (SSSR count). The van der Waals surface area contributed by atoms with Crippen molar-refractivity contribution in [2.45, 2.75) is 52.7 Å². The molecule has 0 amide bonds. The van der Waals surface area contributed by atoms with Gasteiger partial charge in [-0.05, 0) is 0 Å². The quantitative estimate of drug-likeness (QED) is 0.665. The standard InChI is InChI=1S/2C4H9O.Ba/c2*1-3-4(2)5;/h2*4H,3H2,1-2H3;/q2*-1;+2. The molecule has 64 valence electrons. The van der Waals surface area contributed by atoms with Crippen LogP contribution in [0.25, 0.3) is 0 Å². The number of rotatable bonds is 2. The van der Waals surface area contributed by atoms with E-state index in [4.69, 9.17) is 0 Å². The van der Waals surface area contributed by atoms with Crippen LogP contribution in [0.15, 0.2) is 0 Å². The summed E-state index contributed by atoms with van der Waals surface area (Å²) in [6, 6.07) is 0. The summed E-state index contributed by atoms with van der Waals surface area (Å²) in [7, 11) is 0. The van der Waals surface area contributed by atoms with Gasteiger partial charge in [0.1, 0.15) is 0 Å². The molecule has 0 bridgehead atoms. The Morgan fingerprint density at radius 3 is 1.00 bits per heavy atom. The summed E-state index contributed by atoms with van der Waals surface area (Å²) in [5.74, 6) is 0. The first-order valence-electron chi connectivity index (χ1n) is 3.86. The van der Waals surface area contributed by atoms with Crippen LogP contribution in [0.5, 0.6) is 0 Å². The largest absolute Gasteiger partial charge is 2.00 e. The third kappa shape index (κ3) is 34.3. The first-order chi connectivity index (χ1) is 4.54. The summed E-state index contributed by atoms with van der Waals surface area (Å²) in [5, 5.41) is 19.8. The Hall–Kier alpha value is 1.49. The molecule has 0 aliphatic carbocycles. The molecular weight excluding hydrogens is 265 g/mol. The molecule has 0 radical (unpaired) electrons. The maximum Gasteiger partial charge on any atom is 2.00 e. The van der Waals surface area contributed by atoms with Crippen LogP contribution < -0.4 is 10.2 Å². The minimum atomic E-state index is -0.366. The summed E-state index contributed by atoms with van der Waals surface area (Å²) in [6.45, 7) is 7.11. The van der Waals surface area contributed by atoms with Crippen molar-refractivity contribution in [1.29, 1.82) is 0 Å². The van der Waals surface area contributed by atoms with Crippen LogP contribution >= 0.6 is 0 Å². The Bertz CT molecular complexity index is 48.1. The topological polar surface area (TPSA) is 46.1 Å². The molecule has 0 aliphatic heterocycles. The predicted molar refractivity (Wildman–Crippen MR) is 45.3 cm³/mol. The second kappa shape index (κ2) is 14.0. The van der Waals surface area contributed by atoms with Crippen LogP contribution in [0.4, 0.5) is 0 Å². The van der Waals surface area contributed by atoms with E-state index < -0.39 is 0 Å². The SMILES string of the molecule is CCC(C)[O-].CCC(C)[O-].[Ba+2]. The van der Waals surface area contributed by atoms with E-state index >= 15 is 0 Å². The fourth-order valence-corrected chi connectivity index (χ4v) is 0. The van der Waals surface area contributed by atoms with Gasteiger partial charge in [-0.3, -0.25) is 0 Å². The fourth-order valence-electron chi connectivity index (χ4n) is 0. The van der Waals surface area contributed by atoms with E-state index in [1.54, 1.807) is 13.8 Å². The zero-order chi connectivity index (χ0) is 8.57. The van der Waals surface area contributed by atoms with Crippen LogP contribution in [-0.2, 0) is 0 Å². The van der Waals surface area contributed by atoms with Crippen molar-refractivity contribution < 1.29 is 10.2 Å². The van der Waals surface area contributed by atoms with E-state index in [1.807, 2.05) is 13.8 Å². The van der Waals surface area contributed by atoms with Crippen LogP contribution in [0.1, 0.15) is 40.5 Å². The fraction of sp³-hybridized carbons (Fsp3) is 1.00. The van der Waals surface area contributed by atoms with Gasteiger partial charge in [0.2, 0.25) is 0 Å². The van der Waals surface area contributed by atoms with Gasteiger partial charge in [0.05, 0.1) is 0 Å². The Balaban J connectivity index is -0.000000107. The Morgan fingerprint density at radius 1 is 0.909 bits per heavy atom. The molecule has 0 spiro atoms. The van der Waals surface area contributed by atoms with Crippen molar-refractivity contribution in [2.24, 2.45) is 0 Å². The maximum absolute atomic E-state index is 9.90. The summed E-state index contributed by atoms with van der Waals surface area (Å²) < 4.78 is 0. The van der Waals surface area contributed by atoms with E-state index in [1.165, 1.54) is 0 Å². The van der Waals surface area contributed by atoms with E-state index in [2.05, 4.69) is 0 Å². The van der Waals surface area contributed by atoms with Crippen molar-refractivity contribution in [3.8, 4) is 0 Å². The van der Waals surface area contributed by atoms with E-state index in [9.17, 15) is 10.2 Å². The smallest absolute Gasteiger partial charge is 0.852 e. The number of hydrogen-bond acceptors (Lipinski definition) is 2. The van der Waals surface area contributed by atoms with Gasteiger partial charge in [-0.1, -0.05) is 40.5 Å². The van der Waals surface area contributed by atoms with Crippen LogP contribution in [0.2, 0.25) is 0 Å². The molecule has 2 unspecified atom stereocenters. The van der Waals surface area contributed by atoms with Crippen molar-refractivity contribution in [1.82, 2.24) is 0 Å². The van der Waals surface area contributed by atoms with Crippen molar-refractivity contribution in [3.63, 3.8) is 0 Å². The first-order valence-corrected chi connectivity index (χ1v) is 3.86. The predicted octanol–water partition coefficient (Wildman–Crippen LogP) is -0.0904. The zero-order valence-electron chi connectivity index (χ0n) is 8.09. The second-order valence-corrected chi connectivity index (χ2v) is 2.44. The van der Waals surface area contributed by atoms with Crippen LogP contribution in [-0.4, -0.2) is 61.1 Å². The van der Waals surface area contributed by atoms with Crippen LogP contribution in [0, 0.1) is 0 Å². The van der Waals surface area contributed by atoms with Gasteiger partial charge in [0.15, 0.2) is 0 Å². The Morgan fingerprint density at radius 2 is 1.00 bits per heavy atom. The third-order valence-corrected chi connectivity index (χ3v) is 1.15. The van der Waals surface area contributed by atoms with Crippen molar-refractivity contribution in [2.75, 3.05) is 0 Å². The first kappa shape index (κ1) is 18.3.